The number of benzene rings is 1. The fraction of sp³-hybridized carbons (Fsp3) is 0.250. The summed E-state index contributed by atoms with van der Waals surface area (Å²) in [6.45, 7) is 5.51. The third-order valence-corrected chi connectivity index (χ3v) is 2.30. The van der Waals surface area contributed by atoms with E-state index in [-0.39, 0.29) is 5.97 Å². The van der Waals surface area contributed by atoms with Crippen LogP contribution >= 0.6 is 11.6 Å². The van der Waals surface area contributed by atoms with E-state index in [0.717, 1.165) is 5.69 Å². The maximum atomic E-state index is 11.5. The van der Waals surface area contributed by atoms with Crippen molar-refractivity contribution in [2.75, 3.05) is 12.4 Å². The first kappa shape index (κ1) is 12.6. The van der Waals surface area contributed by atoms with Crippen molar-refractivity contribution in [1.82, 2.24) is 0 Å². The van der Waals surface area contributed by atoms with E-state index >= 15 is 0 Å². The van der Waals surface area contributed by atoms with Crippen molar-refractivity contribution in [3.63, 3.8) is 0 Å². The number of halogens is 1. The van der Waals surface area contributed by atoms with Gasteiger partial charge in [0.15, 0.2) is 0 Å². The molecular formula is C12H14ClNO2. The van der Waals surface area contributed by atoms with Crippen molar-refractivity contribution in [3.05, 3.63) is 41.4 Å². The molecule has 1 unspecified atom stereocenters. The third-order valence-electron chi connectivity index (χ3n) is 2.07. The average Bonchev–Trinajstić information content (AvgIpc) is 2.24. The predicted molar refractivity (Wildman–Crippen MR) is 65.7 cm³/mol. The lowest BCUT2D eigenvalue weighted by molar-refractivity contribution is -0.140. The molecule has 1 aromatic carbocycles. The van der Waals surface area contributed by atoms with Crippen LogP contribution in [-0.4, -0.2) is 19.1 Å². The van der Waals surface area contributed by atoms with Gasteiger partial charge in [0.2, 0.25) is 0 Å². The van der Waals surface area contributed by atoms with Crippen LogP contribution in [0, 0.1) is 0 Å². The maximum absolute atomic E-state index is 11.5. The molecule has 0 aliphatic rings. The topological polar surface area (TPSA) is 38.3 Å². The van der Waals surface area contributed by atoms with E-state index in [4.69, 9.17) is 11.6 Å². The highest BCUT2D eigenvalue weighted by molar-refractivity contribution is 6.30. The molecule has 0 amide bonds. The van der Waals surface area contributed by atoms with E-state index in [2.05, 4.69) is 16.6 Å². The highest BCUT2D eigenvalue weighted by Gasteiger charge is 2.19. The van der Waals surface area contributed by atoms with E-state index in [9.17, 15) is 4.79 Å². The van der Waals surface area contributed by atoms with E-state index in [1.807, 2.05) is 6.07 Å². The lowest BCUT2D eigenvalue weighted by Gasteiger charge is -2.17. The lowest BCUT2D eigenvalue weighted by atomic mass is 10.1. The molecule has 0 heterocycles. The number of hydrogen-bond donors (Lipinski definition) is 1. The molecule has 1 atom stereocenters. The summed E-state index contributed by atoms with van der Waals surface area (Å²) in [6.07, 6.45) is 0. The first-order valence-electron chi connectivity index (χ1n) is 4.80. The van der Waals surface area contributed by atoms with Crippen LogP contribution in [0.3, 0.4) is 0 Å². The van der Waals surface area contributed by atoms with E-state index in [1.54, 1.807) is 25.1 Å². The number of esters is 1. The highest BCUT2D eigenvalue weighted by Crippen LogP contribution is 2.17. The highest BCUT2D eigenvalue weighted by atomic mass is 35.5. The van der Waals surface area contributed by atoms with Gasteiger partial charge in [-0.2, -0.15) is 0 Å². The summed E-state index contributed by atoms with van der Waals surface area (Å²) in [6, 6.07) is 6.58. The Morgan fingerprint density at radius 3 is 2.75 bits per heavy atom. The normalized spacial score (nSPS) is 11.7. The first-order valence-corrected chi connectivity index (χ1v) is 5.17. The molecule has 0 saturated carbocycles. The van der Waals surface area contributed by atoms with Crippen LogP contribution in [0.2, 0.25) is 5.02 Å². The largest absolute Gasteiger partial charge is 0.467 e. The molecule has 3 nitrogen and oxygen atoms in total. The van der Waals surface area contributed by atoms with Crippen molar-refractivity contribution in [3.8, 4) is 0 Å². The van der Waals surface area contributed by atoms with E-state index < -0.39 is 6.04 Å². The Morgan fingerprint density at radius 1 is 1.56 bits per heavy atom. The number of nitrogens with one attached hydrogen (secondary N) is 1. The SMILES string of the molecule is C=C(C)C(Nc1cccc(Cl)c1)C(=O)OC. The van der Waals surface area contributed by atoms with Gasteiger partial charge in [-0.25, -0.2) is 4.79 Å². The Bertz CT molecular complexity index is 404. The molecule has 0 saturated heterocycles. The monoisotopic (exact) mass is 239 g/mol. The standard InChI is InChI=1S/C12H14ClNO2/c1-8(2)11(12(15)16-3)14-10-6-4-5-9(13)7-10/h4-7,11,14H,1H2,2-3H3. The van der Waals surface area contributed by atoms with Crippen molar-refractivity contribution >= 4 is 23.3 Å². The van der Waals surface area contributed by atoms with Gasteiger partial charge in [0.05, 0.1) is 7.11 Å². The zero-order chi connectivity index (χ0) is 12.1. The summed E-state index contributed by atoms with van der Waals surface area (Å²) in [5.41, 5.74) is 1.44. The second-order valence-corrected chi connectivity index (χ2v) is 3.89. The van der Waals surface area contributed by atoms with Gasteiger partial charge in [-0.05, 0) is 30.7 Å². The van der Waals surface area contributed by atoms with Crippen LogP contribution in [-0.2, 0) is 9.53 Å². The number of ether oxygens (including phenoxy) is 1. The molecule has 16 heavy (non-hydrogen) atoms. The van der Waals surface area contributed by atoms with E-state index in [0.29, 0.717) is 10.6 Å². The summed E-state index contributed by atoms with van der Waals surface area (Å²) < 4.78 is 4.68. The number of carbonyl (C=O) groups excluding carboxylic acids is 1. The van der Waals surface area contributed by atoms with Crippen LogP contribution in [0.25, 0.3) is 0 Å². The molecule has 1 rings (SSSR count). The van der Waals surface area contributed by atoms with Crippen molar-refractivity contribution in [1.29, 1.82) is 0 Å². The molecule has 0 bridgehead atoms. The molecule has 1 aromatic rings. The molecule has 0 spiro atoms. The second-order valence-electron chi connectivity index (χ2n) is 3.46. The Labute approximate surface area is 100 Å². The molecule has 0 aliphatic heterocycles. The third kappa shape index (κ3) is 3.28. The second kappa shape index (κ2) is 5.56. The number of hydrogen-bond acceptors (Lipinski definition) is 3. The van der Waals surface area contributed by atoms with Crippen molar-refractivity contribution < 1.29 is 9.53 Å². The van der Waals surface area contributed by atoms with Crippen LogP contribution in [0.15, 0.2) is 36.4 Å². The van der Waals surface area contributed by atoms with Gasteiger partial charge in [-0.3, -0.25) is 0 Å². The minimum absolute atomic E-state index is 0.368. The van der Waals surface area contributed by atoms with E-state index in [1.165, 1.54) is 7.11 Å². The summed E-state index contributed by atoms with van der Waals surface area (Å²) in [5, 5.41) is 3.62. The van der Waals surface area contributed by atoms with Gasteiger partial charge in [0.25, 0.3) is 0 Å². The number of anilines is 1. The van der Waals surface area contributed by atoms with Gasteiger partial charge < -0.3 is 10.1 Å². The van der Waals surface area contributed by atoms with Crippen molar-refractivity contribution in [2.24, 2.45) is 0 Å². The van der Waals surface area contributed by atoms with Crippen LogP contribution in [0.1, 0.15) is 6.92 Å². The Morgan fingerprint density at radius 2 is 2.25 bits per heavy atom. The molecule has 0 fully saturated rings. The van der Waals surface area contributed by atoms with Crippen LogP contribution in [0.5, 0.6) is 0 Å². The molecular weight excluding hydrogens is 226 g/mol. The average molecular weight is 240 g/mol. The fourth-order valence-corrected chi connectivity index (χ4v) is 1.44. The number of methoxy groups -OCH3 is 1. The van der Waals surface area contributed by atoms with Gasteiger partial charge in [0.1, 0.15) is 6.04 Å². The van der Waals surface area contributed by atoms with Crippen LogP contribution < -0.4 is 5.32 Å². The quantitative estimate of drug-likeness (QED) is 0.649. The Hall–Kier alpha value is -1.48. The maximum Gasteiger partial charge on any atom is 0.332 e. The van der Waals surface area contributed by atoms with Gasteiger partial charge >= 0.3 is 5.97 Å². The molecule has 0 aliphatic carbocycles. The number of rotatable bonds is 4. The molecule has 1 N–H and O–H groups in total. The van der Waals surface area contributed by atoms with Crippen molar-refractivity contribution in [2.45, 2.75) is 13.0 Å². The molecule has 4 heteroatoms. The predicted octanol–water partition coefficient (Wildman–Crippen LogP) is 2.87. The molecule has 86 valence electrons. The zero-order valence-corrected chi connectivity index (χ0v) is 10.0. The molecule has 0 radical (unpaired) electrons. The van der Waals surface area contributed by atoms with Gasteiger partial charge in [-0.15, -0.1) is 0 Å². The smallest absolute Gasteiger partial charge is 0.332 e. The summed E-state index contributed by atoms with van der Waals surface area (Å²) >= 11 is 5.84. The Balaban J connectivity index is 2.84. The fourth-order valence-electron chi connectivity index (χ4n) is 1.25. The van der Waals surface area contributed by atoms with Gasteiger partial charge in [0, 0.05) is 10.7 Å². The van der Waals surface area contributed by atoms with Crippen LogP contribution in [0.4, 0.5) is 5.69 Å². The minimum Gasteiger partial charge on any atom is -0.467 e. The molecule has 0 aromatic heterocycles. The number of carbonyl (C=O) groups is 1. The first-order chi connectivity index (χ1) is 7.54. The lowest BCUT2D eigenvalue weighted by Crippen LogP contribution is -2.31. The zero-order valence-electron chi connectivity index (χ0n) is 9.29. The van der Waals surface area contributed by atoms with Gasteiger partial charge in [-0.1, -0.05) is 24.2 Å². The Kier molecular flexibility index (Phi) is 4.38. The minimum atomic E-state index is -0.552. The summed E-state index contributed by atoms with van der Waals surface area (Å²) in [7, 11) is 1.35. The summed E-state index contributed by atoms with van der Waals surface area (Å²) in [4.78, 5) is 11.5. The summed E-state index contributed by atoms with van der Waals surface area (Å²) in [5.74, 6) is -0.368.